The zero-order valence-corrected chi connectivity index (χ0v) is 10.5. The van der Waals surface area contributed by atoms with Crippen LogP contribution in [0.4, 0.5) is 5.69 Å². The molecule has 0 unspecified atom stereocenters. The van der Waals surface area contributed by atoms with Crippen LogP contribution in [0.5, 0.6) is 0 Å². The highest BCUT2D eigenvalue weighted by molar-refractivity contribution is 7.90. The van der Waals surface area contributed by atoms with Gasteiger partial charge in [-0.15, -0.1) is 0 Å². The highest BCUT2D eigenvalue weighted by Crippen LogP contribution is 2.23. The first kappa shape index (κ1) is 11.9. The van der Waals surface area contributed by atoms with Crippen molar-refractivity contribution in [2.45, 2.75) is 4.90 Å². The number of aromatic nitrogens is 2. The molecule has 0 bridgehead atoms. The van der Waals surface area contributed by atoms with Crippen molar-refractivity contribution in [2.75, 3.05) is 12.0 Å². The molecule has 0 aliphatic heterocycles. The van der Waals surface area contributed by atoms with Crippen molar-refractivity contribution in [3.05, 3.63) is 35.6 Å². The number of sulfone groups is 1. The van der Waals surface area contributed by atoms with E-state index in [1.807, 2.05) is 0 Å². The Morgan fingerprint density at radius 1 is 1.41 bits per heavy atom. The van der Waals surface area contributed by atoms with Gasteiger partial charge in [-0.25, -0.2) is 13.1 Å². The van der Waals surface area contributed by atoms with E-state index >= 15 is 0 Å². The fourth-order valence-electron chi connectivity index (χ4n) is 1.34. The smallest absolute Gasteiger partial charge is 0.178 e. The molecule has 0 radical (unpaired) electrons. The lowest BCUT2D eigenvalue weighted by Gasteiger charge is -2.04. The maximum Gasteiger partial charge on any atom is 0.178 e. The Balaban J connectivity index is 2.51. The molecular formula is C10H10ClN3O2S. The van der Waals surface area contributed by atoms with Crippen molar-refractivity contribution in [3.8, 4) is 5.69 Å². The molecule has 0 amide bonds. The first-order valence-corrected chi connectivity index (χ1v) is 6.95. The van der Waals surface area contributed by atoms with Crippen LogP contribution in [0.25, 0.3) is 5.69 Å². The van der Waals surface area contributed by atoms with E-state index in [0.29, 0.717) is 16.4 Å². The quantitative estimate of drug-likeness (QED) is 0.840. The number of benzene rings is 1. The van der Waals surface area contributed by atoms with Crippen molar-refractivity contribution in [1.82, 2.24) is 9.78 Å². The van der Waals surface area contributed by atoms with E-state index in [0.717, 1.165) is 6.26 Å². The molecule has 2 N–H and O–H groups in total. The molecule has 0 aliphatic rings. The number of nitrogens with two attached hydrogens (primary N) is 1. The molecule has 1 aromatic heterocycles. The van der Waals surface area contributed by atoms with Gasteiger partial charge in [0.05, 0.1) is 16.9 Å². The Labute approximate surface area is 104 Å². The molecule has 0 spiro atoms. The van der Waals surface area contributed by atoms with Crippen molar-refractivity contribution < 1.29 is 8.42 Å². The minimum Gasteiger partial charge on any atom is -0.399 e. The molecule has 1 aromatic carbocycles. The average Bonchev–Trinajstić information content (AvgIpc) is 2.65. The Morgan fingerprint density at radius 3 is 2.65 bits per heavy atom. The highest BCUT2D eigenvalue weighted by Gasteiger charge is 2.12. The molecule has 0 aliphatic carbocycles. The number of nitrogens with zero attached hydrogens (tertiary/aromatic N) is 2. The minimum absolute atomic E-state index is 0.144. The molecule has 7 heteroatoms. The van der Waals surface area contributed by atoms with Crippen LogP contribution >= 0.6 is 11.6 Å². The Hall–Kier alpha value is -1.53. The summed E-state index contributed by atoms with van der Waals surface area (Å²) in [7, 11) is -3.26. The molecule has 17 heavy (non-hydrogen) atoms. The van der Waals surface area contributed by atoms with E-state index in [-0.39, 0.29) is 4.90 Å². The Bertz CT molecular complexity index is 664. The first-order chi connectivity index (χ1) is 7.88. The van der Waals surface area contributed by atoms with Gasteiger partial charge in [-0.3, -0.25) is 0 Å². The third-order valence-corrected chi connectivity index (χ3v) is 3.58. The molecule has 2 aromatic rings. The second-order valence-corrected chi connectivity index (χ2v) is 6.03. The third kappa shape index (κ3) is 2.42. The van der Waals surface area contributed by atoms with Crippen LogP contribution in [0.3, 0.4) is 0 Å². The maximum atomic E-state index is 11.3. The SMILES string of the molecule is CS(=O)(=O)c1cnn(-c2ccc(N)cc2Cl)c1. The lowest BCUT2D eigenvalue weighted by molar-refractivity contribution is 0.602. The van der Waals surface area contributed by atoms with E-state index in [2.05, 4.69) is 5.10 Å². The van der Waals surface area contributed by atoms with Gasteiger partial charge in [0.2, 0.25) is 0 Å². The molecule has 0 atom stereocenters. The second kappa shape index (κ2) is 4.05. The van der Waals surface area contributed by atoms with E-state index in [1.165, 1.54) is 17.1 Å². The van der Waals surface area contributed by atoms with Gasteiger partial charge in [0.25, 0.3) is 0 Å². The molecular weight excluding hydrogens is 262 g/mol. The predicted octanol–water partition coefficient (Wildman–Crippen LogP) is 1.51. The van der Waals surface area contributed by atoms with Gasteiger partial charge in [-0.05, 0) is 18.2 Å². The van der Waals surface area contributed by atoms with Crippen LogP contribution in [-0.4, -0.2) is 24.5 Å². The fraction of sp³-hybridized carbons (Fsp3) is 0.100. The number of anilines is 1. The van der Waals surface area contributed by atoms with Crippen molar-refractivity contribution in [1.29, 1.82) is 0 Å². The largest absolute Gasteiger partial charge is 0.399 e. The van der Waals surface area contributed by atoms with E-state index in [4.69, 9.17) is 17.3 Å². The second-order valence-electron chi connectivity index (χ2n) is 3.60. The van der Waals surface area contributed by atoms with Crippen molar-refractivity contribution >= 4 is 27.1 Å². The summed E-state index contributed by atoms with van der Waals surface area (Å²) in [6, 6.07) is 4.93. The van der Waals surface area contributed by atoms with Gasteiger partial charge in [-0.1, -0.05) is 11.6 Å². The van der Waals surface area contributed by atoms with Crippen LogP contribution < -0.4 is 5.73 Å². The third-order valence-electron chi connectivity index (χ3n) is 2.21. The lowest BCUT2D eigenvalue weighted by atomic mass is 10.3. The molecule has 90 valence electrons. The monoisotopic (exact) mass is 271 g/mol. The van der Waals surface area contributed by atoms with Gasteiger partial charge in [0, 0.05) is 18.1 Å². The minimum atomic E-state index is -3.26. The van der Waals surface area contributed by atoms with Crippen LogP contribution in [0.2, 0.25) is 5.02 Å². The normalized spacial score (nSPS) is 11.6. The molecule has 2 rings (SSSR count). The number of hydrogen-bond donors (Lipinski definition) is 1. The summed E-state index contributed by atoms with van der Waals surface area (Å²) in [6.45, 7) is 0. The Kier molecular flexibility index (Phi) is 2.84. The standard InChI is InChI=1S/C10H10ClN3O2S/c1-17(15,16)8-5-13-14(6-8)10-3-2-7(12)4-9(10)11/h2-6H,12H2,1H3. The van der Waals surface area contributed by atoms with Gasteiger partial charge < -0.3 is 5.73 Å². The van der Waals surface area contributed by atoms with E-state index in [1.54, 1.807) is 18.2 Å². The van der Waals surface area contributed by atoms with Crippen LogP contribution in [0, 0.1) is 0 Å². The van der Waals surface area contributed by atoms with Crippen molar-refractivity contribution in [3.63, 3.8) is 0 Å². The molecule has 0 fully saturated rings. The number of rotatable bonds is 2. The lowest BCUT2D eigenvalue weighted by Crippen LogP contribution is -1.97. The maximum absolute atomic E-state index is 11.3. The average molecular weight is 272 g/mol. The Morgan fingerprint density at radius 2 is 2.12 bits per heavy atom. The highest BCUT2D eigenvalue weighted by atomic mass is 35.5. The van der Waals surface area contributed by atoms with Crippen LogP contribution in [0.15, 0.2) is 35.5 Å². The molecule has 1 heterocycles. The predicted molar refractivity (Wildman–Crippen MR) is 66.1 cm³/mol. The summed E-state index contributed by atoms with van der Waals surface area (Å²) in [5.41, 5.74) is 6.69. The van der Waals surface area contributed by atoms with E-state index in [9.17, 15) is 8.42 Å². The summed E-state index contributed by atoms with van der Waals surface area (Å²) >= 11 is 6.00. The zero-order chi connectivity index (χ0) is 12.6. The van der Waals surface area contributed by atoms with E-state index < -0.39 is 9.84 Å². The van der Waals surface area contributed by atoms with Crippen LogP contribution in [0.1, 0.15) is 0 Å². The van der Waals surface area contributed by atoms with Gasteiger partial charge in [0.1, 0.15) is 4.90 Å². The van der Waals surface area contributed by atoms with Gasteiger partial charge in [-0.2, -0.15) is 5.10 Å². The topological polar surface area (TPSA) is 78.0 Å². The molecule has 0 saturated carbocycles. The summed E-state index contributed by atoms with van der Waals surface area (Å²) < 4.78 is 24.0. The number of nitrogen functional groups attached to an aromatic ring is 1. The molecule has 0 saturated heterocycles. The summed E-state index contributed by atoms with van der Waals surface area (Å²) in [5, 5.41) is 4.37. The van der Waals surface area contributed by atoms with Crippen molar-refractivity contribution in [2.24, 2.45) is 0 Å². The summed E-state index contributed by atoms with van der Waals surface area (Å²) in [6.07, 6.45) is 3.81. The van der Waals surface area contributed by atoms with Crippen LogP contribution in [-0.2, 0) is 9.84 Å². The fourth-order valence-corrected chi connectivity index (χ4v) is 2.14. The summed E-state index contributed by atoms with van der Waals surface area (Å²) in [4.78, 5) is 0.144. The van der Waals surface area contributed by atoms with Gasteiger partial charge in [0.15, 0.2) is 9.84 Å². The van der Waals surface area contributed by atoms with Gasteiger partial charge >= 0.3 is 0 Å². The number of hydrogen-bond acceptors (Lipinski definition) is 4. The summed E-state index contributed by atoms with van der Waals surface area (Å²) in [5.74, 6) is 0. The number of halogens is 1. The zero-order valence-electron chi connectivity index (χ0n) is 8.96. The first-order valence-electron chi connectivity index (χ1n) is 4.68. The molecule has 5 nitrogen and oxygen atoms in total.